The number of fused-ring (bicyclic) bond motifs is 2. The van der Waals surface area contributed by atoms with Crippen molar-refractivity contribution in [2.75, 3.05) is 13.1 Å². The molecule has 1 saturated heterocycles. The molecule has 1 aromatic heterocycles. The molecule has 0 bridgehead atoms. The van der Waals surface area contributed by atoms with Crippen molar-refractivity contribution < 1.29 is 9.18 Å². The molecular weight excluding hydrogens is 361 g/mol. The van der Waals surface area contributed by atoms with E-state index >= 15 is 0 Å². The Hall–Kier alpha value is -2.48. The molecule has 2 fully saturated rings. The molecule has 5 rings (SSSR count). The van der Waals surface area contributed by atoms with Crippen LogP contribution in [0.2, 0.25) is 0 Å². The number of halogens is 1. The van der Waals surface area contributed by atoms with Crippen molar-refractivity contribution in [2.45, 2.75) is 38.4 Å². The molecule has 148 valence electrons. The second-order valence-corrected chi connectivity index (χ2v) is 8.18. The first-order valence-corrected chi connectivity index (χ1v) is 10.0. The smallest absolute Gasteiger partial charge is 0.346 e. The van der Waals surface area contributed by atoms with E-state index in [9.17, 15) is 14.0 Å². The number of piperidine rings is 1. The Morgan fingerprint density at radius 3 is 2.71 bits per heavy atom. The summed E-state index contributed by atoms with van der Waals surface area (Å²) < 4.78 is 16.2. The molecule has 2 aliphatic heterocycles. The largest absolute Gasteiger partial charge is 0.353 e. The summed E-state index contributed by atoms with van der Waals surface area (Å²) in [6.07, 6.45) is 2.19. The van der Waals surface area contributed by atoms with E-state index in [2.05, 4.69) is 15.7 Å². The van der Waals surface area contributed by atoms with Crippen LogP contribution in [-0.4, -0.2) is 39.4 Å². The van der Waals surface area contributed by atoms with Crippen LogP contribution in [0.25, 0.3) is 0 Å². The van der Waals surface area contributed by atoms with Gasteiger partial charge in [0.25, 0.3) is 0 Å². The van der Waals surface area contributed by atoms with Gasteiger partial charge in [0, 0.05) is 24.9 Å². The van der Waals surface area contributed by atoms with Gasteiger partial charge < -0.3 is 10.6 Å². The van der Waals surface area contributed by atoms with Crippen LogP contribution in [0, 0.1) is 23.6 Å². The normalized spacial score (nSPS) is 28.3. The highest BCUT2D eigenvalue weighted by Crippen LogP contribution is 2.48. The number of amides is 1. The van der Waals surface area contributed by atoms with Crippen LogP contribution in [0.5, 0.6) is 0 Å². The third kappa shape index (κ3) is 3.15. The number of nitrogens with zero attached hydrogens (tertiary/aromatic N) is 3. The lowest BCUT2D eigenvalue weighted by Crippen LogP contribution is -2.38. The summed E-state index contributed by atoms with van der Waals surface area (Å²) in [7, 11) is 0. The molecule has 0 spiro atoms. The quantitative estimate of drug-likeness (QED) is 0.804. The number of aromatic nitrogens is 3. The van der Waals surface area contributed by atoms with Crippen LogP contribution in [-0.2, 0) is 24.3 Å². The van der Waals surface area contributed by atoms with Gasteiger partial charge in [0.15, 0.2) is 0 Å². The van der Waals surface area contributed by atoms with E-state index in [0.717, 1.165) is 37.3 Å². The van der Waals surface area contributed by atoms with Gasteiger partial charge in [-0.1, -0.05) is 12.1 Å². The van der Waals surface area contributed by atoms with Gasteiger partial charge in [0.2, 0.25) is 5.91 Å². The summed E-state index contributed by atoms with van der Waals surface area (Å²) in [6, 6.07) is 6.20. The van der Waals surface area contributed by atoms with E-state index < -0.39 is 0 Å². The van der Waals surface area contributed by atoms with E-state index in [1.807, 2.05) is 0 Å². The highest BCUT2D eigenvalue weighted by atomic mass is 19.1. The number of rotatable bonds is 4. The van der Waals surface area contributed by atoms with E-state index in [1.54, 1.807) is 16.7 Å². The summed E-state index contributed by atoms with van der Waals surface area (Å²) >= 11 is 0. The van der Waals surface area contributed by atoms with E-state index in [-0.39, 0.29) is 29.4 Å². The average molecular weight is 385 g/mol. The fourth-order valence-electron chi connectivity index (χ4n) is 4.74. The number of aryl methyl sites for hydroxylation is 1. The third-order valence-electron chi connectivity index (χ3n) is 6.40. The van der Waals surface area contributed by atoms with Crippen LogP contribution >= 0.6 is 0 Å². The molecule has 1 aromatic carbocycles. The molecule has 8 heteroatoms. The number of benzene rings is 1. The van der Waals surface area contributed by atoms with Crippen molar-refractivity contribution in [1.29, 1.82) is 0 Å². The van der Waals surface area contributed by atoms with Gasteiger partial charge >= 0.3 is 5.69 Å². The van der Waals surface area contributed by atoms with Gasteiger partial charge in [0.1, 0.15) is 11.6 Å². The number of carbonyl (C=O) groups excluding carboxylic acids is 1. The lowest BCUT2D eigenvalue weighted by molar-refractivity contribution is -0.123. The predicted molar refractivity (Wildman–Crippen MR) is 100 cm³/mol. The first-order valence-electron chi connectivity index (χ1n) is 10.0. The summed E-state index contributed by atoms with van der Waals surface area (Å²) in [5.41, 5.74) is 0.695. The molecule has 4 atom stereocenters. The molecule has 1 aliphatic carbocycles. The van der Waals surface area contributed by atoms with Gasteiger partial charge in [-0.15, -0.1) is 0 Å². The zero-order chi connectivity index (χ0) is 19.3. The summed E-state index contributed by atoms with van der Waals surface area (Å²) in [5.74, 6) is 1.84. The van der Waals surface area contributed by atoms with Crippen molar-refractivity contribution in [1.82, 2.24) is 25.0 Å². The third-order valence-corrected chi connectivity index (χ3v) is 6.40. The maximum atomic E-state index is 13.1. The van der Waals surface area contributed by atoms with Crippen LogP contribution in [0.15, 0.2) is 29.1 Å². The number of nitrogens with one attached hydrogen (secondary N) is 2. The monoisotopic (exact) mass is 385 g/mol. The molecule has 3 aliphatic rings. The SMILES string of the molecule is O=C(NC1CCc2nn(Cc3ccc(F)cc3)c(=O)n2CC1)C1[C@H]2CNC[C@@H]12. The molecule has 0 radical (unpaired) electrons. The molecule has 1 saturated carbocycles. The minimum Gasteiger partial charge on any atom is -0.353 e. The maximum Gasteiger partial charge on any atom is 0.346 e. The average Bonchev–Trinajstić information content (AvgIpc) is 3.12. The lowest BCUT2D eigenvalue weighted by Gasteiger charge is -2.17. The van der Waals surface area contributed by atoms with E-state index in [0.29, 0.717) is 31.3 Å². The standard InChI is InChI=1S/C20H24FN5O2/c21-13-3-1-12(2-4-13)11-26-20(28)25-8-7-14(5-6-17(25)24-26)23-19(27)18-15-9-22-10-16(15)18/h1-4,14-16,18,22H,5-11H2,(H,23,27)/t14?,15-,16+,18?. The lowest BCUT2D eigenvalue weighted by atomic mass is 10.1. The Bertz CT molecular complexity index is 940. The van der Waals surface area contributed by atoms with Gasteiger partial charge in [-0.25, -0.2) is 13.9 Å². The van der Waals surface area contributed by atoms with E-state index in [1.165, 1.54) is 16.8 Å². The Morgan fingerprint density at radius 1 is 1.21 bits per heavy atom. The van der Waals surface area contributed by atoms with Crippen LogP contribution in [0.3, 0.4) is 0 Å². The number of carbonyl (C=O) groups is 1. The van der Waals surface area contributed by atoms with Gasteiger partial charge in [-0.2, -0.15) is 5.10 Å². The molecule has 2 aromatic rings. The first kappa shape index (κ1) is 17.6. The number of hydrogen-bond donors (Lipinski definition) is 2. The van der Waals surface area contributed by atoms with Gasteiger partial charge in [-0.05, 0) is 55.5 Å². The van der Waals surface area contributed by atoms with Crippen molar-refractivity contribution in [2.24, 2.45) is 17.8 Å². The zero-order valence-electron chi connectivity index (χ0n) is 15.6. The highest BCUT2D eigenvalue weighted by Gasteiger charge is 2.57. The second-order valence-electron chi connectivity index (χ2n) is 8.18. The van der Waals surface area contributed by atoms with Gasteiger partial charge in [0.05, 0.1) is 6.54 Å². The molecule has 7 nitrogen and oxygen atoms in total. The minimum absolute atomic E-state index is 0.0911. The summed E-state index contributed by atoms with van der Waals surface area (Å²) in [5, 5.41) is 11.0. The molecule has 2 unspecified atom stereocenters. The summed E-state index contributed by atoms with van der Waals surface area (Å²) in [6.45, 7) is 2.80. The predicted octanol–water partition coefficient (Wildman–Crippen LogP) is 0.519. The van der Waals surface area contributed by atoms with E-state index in [4.69, 9.17) is 0 Å². The zero-order valence-corrected chi connectivity index (χ0v) is 15.6. The minimum atomic E-state index is -0.295. The highest BCUT2D eigenvalue weighted by molar-refractivity contribution is 5.82. The molecule has 3 heterocycles. The van der Waals surface area contributed by atoms with Crippen molar-refractivity contribution in [3.63, 3.8) is 0 Å². The van der Waals surface area contributed by atoms with Crippen molar-refractivity contribution in [3.05, 3.63) is 52.0 Å². The van der Waals surface area contributed by atoms with Crippen LogP contribution in [0.1, 0.15) is 24.2 Å². The topological polar surface area (TPSA) is 81.0 Å². The molecule has 1 amide bonds. The molecular formula is C20H24FN5O2. The first-order chi connectivity index (χ1) is 13.6. The molecule has 28 heavy (non-hydrogen) atoms. The van der Waals surface area contributed by atoms with Crippen molar-refractivity contribution in [3.8, 4) is 0 Å². The summed E-state index contributed by atoms with van der Waals surface area (Å²) in [4.78, 5) is 25.2. The maximum absolute atomic E-state index is 13.1. The Labute approximate surface area is 161 Å². The fourth-order valence-corrected chi connectivity index (χ4v) is 4.74. The Kier molecular flexibility index (Phi) is 4.30. The van der Waals surface area contributed by atoms with Crippen LogP contribution < -0.4 is 16.3 Å². The van der Waals surface area contributed by atoms with Crippen molar-refractivity contribution >= 4 is 5.91 Å². The van der Waals surface area contributed by atoms with Crippen LogP contribution in [0.4, 0.5) is 4.39 Å². The Morgan fingerprint density at radius 2 is 1.96 bits per heavy atom. The fraction of sp³-hybridized carbons (Fsp3) is 0.550. The molecule has 2 N–H and O–H groups in total. The second kappa shape index (κ2) is 6.84. The Balaban J connectivity index is 1.22. The number of hydrogen-bond acceptors (Lipinski definition) is 4. The van der Waals surface area contributed by atoms with Gasteiger partial charge in [-0.3, -0.25) is 9.36 Å².